The maximum atomic E-state index is 12.1. The molecule has 0 bridgehead atoms. The highest BCUT2D eigenvalue weighted by atomic mass is 79.9. The third kappa shape index (κ3) is 1.58. The lowest BCUT2D eigenvalue weighted by molar-refractivity contribution is 0.150. The van der Waals surface area contributed by atoms with E-state index in [0.717, 1.165) is 0 Å². The summed E-state index contributed by atoms with van der Waals surface area (Å²) in [6.07, 6.45) is -1.28. The van der Waals surface area contributed by atoms with Gasteiger partial charge in [-0.05, 0) is 22.9 Å². The molecule has 0 radical (unpaired) electrons. The highest BCUT2D eigenvalue weighted by Gasteiger charge is 2.15. The van der Waals surface area contributed by atoms with Crippen LogP contribution in [-0.2, 0) is 6.54 Å². The second-order valence-electron chi connectivity index (χ2n) is 2.01. The number of rotatable bonds is 2. The van der Waals surface area contributed by atoms with Gasteiger partial charge in [-0.1, -0.05) is 0 Å². The predicted molar refractivity (Wildman–Crippen MR) is 40.6 cm³/mol. The molecule has 62 valence electrons. The van der Waals surface area contributed by atoms with Gasteiger partial charge in [0.1, 0.15) is 4.60 Å². The van der Waals surface area contributed by atoms with Gasteiger partial charge in [-0.25, -0.2) is 8.78 Å². The lowest BCUT2D eigenvalue weighted by Crippen LogP contribution is -1.96. The number of alkyl halides is 2. The summed E-state index contributed by atoms with van der Waals surface area (Å²) in [4.78, 5) is 0. The first-order valence-corrected chi connectivity index (χ1v) is 3.95. The van der Waals surface area contributed by atoms with Crippen molar-refractivity contribution in [2.45, 2.75) is 19.9 Å². The third-order valence-corrected chi connectivity index (χ3v) is 2.20. The van der Waals surface area contributed by atoms with Gasteiger partial charge in [-0.2, -0.15) is 5.10 Å². The number of nitrogens with zero attached hydrogens (tertiary/aromatic N) is 2. The molecule has 1 aromatic rings. The molecule has 0 saturated heterocycles. The molecule has 1 aromatic heterocycles. The fourth-order valence-electron chi connectivity index (χ4n) is 0.752. The molecule has 2 nitrogen and oxygen atoms in total. The molecule has 1 heterocycles. The van der Waals surface area contributed by atoms with Crippen molar-refractivity contribution < 1.29 is 8.78 Å². The van der Waals surface area contributed by atoms with Crippen LogP contribution in [0.3, 0.4) is 0 Å². The molecule has 0 saturated carbocycles. The van der Waals surface area contributed by atoms with Crippen LogP contribution in [0.2, 0.25) is 0 Å². The second kappa shape index (κ2) is 3.30. The third-order valence-electron chi connectivity index (χ3n) is 1.34. The smallest absolute Gasteiger partial charge is 0.258 e. The summed E-state index contributed by atoms with van der Waals surface area (Å²) in [5, 5.41) is 3.75. The molecular formula is C6H7BrF2N2. The number of halogens is 3. The van der Waals surface area contributed by atoms with Crippen LogP contribution in [0.1, 0.15) is 18.9 Å². The first-order chi connectivity index (χ1) is 5.16. The maximum absolute atomic E-state index is 12.1. The van der Waals surface area contributed by atoms with Crippen molar-refractivity contribution >= 4 is 15.9 Å². The molecule has 0 spiro atoms. The van der Waals surface area contributed by atoms with Gasteiger partial charge >= 0.3 is 0 Å². The quantitative estimate of drug-likeness (QED) is 0.756. The van der Waals surface area contributed by atoms with Crippen LogP contribution in [0.5, 0.6) is 0 Å². The van der Waals surface area contributed by atoms with E-state index in [-0.39, 0.29) is 5.56 Å². The van der Waals surface area contributed by atoms with Crippen LogP contribution in [0.4, 0.5) is 8.78 Å². The molecule has 0 aliphatic carbocycles. The summed E-state index contributed by atoms with van der Waals surface area (Å²) in [6, 6.07) is 0. The Kier molecular flexibility index (Phi) is 2.59. The van der Waals surface area contributed by atoms with Crippen LogP contribution in [0, 0.1) is 0 Å². The topological polar surface area (TPSA) is 17.8 Å². The molecule has 1 rings (SSSR count). The molecule has 0 aromatic carbocycles. The molecule has 0 fully saturated rings. The van der Waals surface area contributed by atoms with Crippen molar-refractivity contribution in [3.05, 3.63) is 16.4 Å². The summed E-state index contributed by atoms with van der Waals surface area (Å²) < 4.78 is 26.0. The van der Waals surface area contributed by atoms with Crippen molar-refractivity contribution in [3.63, 3.8) is 0 Å². The first kappa shape index (κ1) is 8.64. The SMILES string of the molecule is CCn1ncc(C(F)F)c1Br. The number of hydrogen-bond donors (Lipinski definition) is 0. The highest BCUT2D eigenvalue weighted by molar-refractivity contribution is 9.10. The Bertz CT molecular complexity index is 247. The van der Waals surface area contributed by atoms with E-state index in [2.05, 4.69) is 21.0 Å². The Morgan fingerprint density at radius 2 is 2.36 bits per heavy atom. The average Bonchev–Trinajstić information content (AvgIpc) is 2.30. The molecule has 0 N–H and O–H groups in total. The van der Waals surface area contributed by atoms with E-state index in [1.54, 1.807) is 0 Å². The van der Waals surface area contributed by atoms with Crippen molar-refractivity contribution in [1.82, 2.24) is 9.78 Å². The zero-order valence-electron chi connectivity index (χ0n) is 5.89. The summed E-state index contributed by atoms with van der Waals surface area (Å²) in [5.41, 5.74) is -0.0492. The molecule has 0 atom stereocenters. The summed E-state index contributed by atoms with van der Waals surface area (Å²) in [6.45, 7) is 2.43. The standard InChI is InChI=1S/C6H7BrF2N2/c1-2-11-5(7)4(3-10-11)6(8)9/h3,6H,2H2,1H3. The molecule has 0 aliphatic rings. The molecule has 0 unspecified atom stereocenters. The van der Waals surface area contributed by atoms with Gasteiger partial charge in [-0.15, -0.1) is 0 Å². The summed E-state index contributed by atoms with van der Waals surface area (Å²) in [7, 11) is 0. The zero-order chi connectivity index (χ0) is 8.43. The molecule has 0 amide bonds. The Hall–Kier alpha value is -0.450. The predicted octanol–water partition coefficient (Wildman–Crippen LogP) is 2.60. The molecule has 0 aliphatic heterocycles. The summed E-state index contributed by atoms with van der Waals surface area (Å²) >= 11 is 3.03. The second-order valence-corrected chi connectivity index (χ2v) is 2.76. The molecular weight excluding hydrogens is 218 g/mol. The van der Waals surface area contributed by atoms with Crippen molar-refractivity contribution in [1.29, 1.82) is 0 Å². The first-order valence-electron chi connectivity index (χ1n) is 3.16. The monoisotopic (exact) mass is 224 g/mol. The molecule has 11 heavy (non-hydrogen) atoms. The number of hydrogen-bond acceptors (Lipinski definition) is 1. The van der Waals surface area contributed by atoms with E-state index in [0.29, 0.717) is 11.1 Å². The van der Waals surface area contributed by atoms with Crippen LogP contribution >= 0.6 is 15.9 Å². The Balaban J connectivity index is 3.00. The van der Waals surface area contributed by atoms with Crippen molar-refractivity contribution in [2.24, 2.45) is 0 Å². The van der Waals surface area contributed by atoms with Crippen molar-refractivity contribution in [2.75, 3.05) is 0 Å². The van der Waals surface area contributed by atoms with E-state index in [9.17, 15) is 8.78 Å². The number of aryl methyl sites for hydroxylation is 1. The number of aromatic nitrogens is 2. The fourth-order valence-corrected chi connectivity index (χ4v) is 1.37. The van der Waals surface area contributed by atoms with E-state index >= 15 is 0 Å². The minimum atomic E-state index is -2.45. The van der Waals surface area contributed by atoms with Gasteiger partial charge in [0.05, 0.1) is 11.8 Å². The van der Waals surface area contributed by atoms with Crippen LogP contribution in [0.25, 0.3) is 0 Å². The van der Waals surface area contributed by atoms with Crippen LogP contribution in [-0.4, -0.2) is 9.78 Å². The van der Waals surface area contributed by atoms with E-state index in [1.807, 2.05) is 6.92 Å². The lowest BCUT2D eigenvalue weighted by Gasteiger charge is -1.98. The van der Waals surface area contributed by atoms with Crippen LogP contribution < -0.4 is 0 Å². The largest absolute Gasteiger partial charge is 0.267 e. The lowest BCUT2D eigenvalue weighted by atomic mass is 10.4. The Morgan fingerprint density at radius 1 is 1.73 bits per heavy atom. The van der Waals surface area contributed by atoms with Gasteiger partial charge in [0.15, 0.2) is 0 Å². The Morgan fingerprint density at radius 3 is 2.64 bits per heavy atom. The summed E-state index contributed by atoms with van der Waals surface area (Å²) in [5.74, 6) is 0. The maximum Gasteiger partial charge on any atom is 0.267 e. The highest BCUT2D eigenvalue weighted by Crippen LogP contribution is 2.26. The van der Waals surface area contributed by atoms with Gasteiger partial charge < -0.3 is 0 Å². The van der Waals surface area contributed by atoms with Gasteiger partial charge in [0.2, 0.25) is 0 Å². The van der Waals surface area contributed by atoms with E-state index in [1.165, 1.54) is 10.9 Å². The van der Waals surface area contributed by atoms with E-state index in [4.69, 9.17) is 0 Å². The Labute approximate surface area is 71.3 Å². The van der Waals surface area contributed by atoms with Gasteiger partial charge in [0.25, 0.3) is 6.43 Å². The van der Waals surface area contributed by atoms with Crippen molar-refractivity contribution in [3.8, 4) is 0 Å². The van der Waals surface area contributed by atoms with Crippen LogP contribution in [0.15, 0.2) is 10.8 Å². The van der Waals surface area contributed by atoms with Gasteiger partial charge in [-0.3, -0.25) is 4.68 Å². The fraction of sp³-hybridized carbons (Fsp3) is 0.500. The minimum Gasteiger partial charge on any atom is -0.258 e. The minimum absolute atomic E-state index is 0.0492. The normalized spacial score (nSPS) is 11.0. The molecule has 5 heteroatoms. The van der Waals surface area contributed by atoms with Gasteiger partial charge in [0, 0.05) is 6.54 Å². The average molecular weight is 225 g/mol. The van der Waals surface area contributed by atoms with E-state index < -0.39 is 6.43 Å². The zero-order valence-corrected chi connectivity index (χ0v) is 7.48.